The molecule has 0 aliphatic carbocycles. The van der Waals surface area contributed by atoms with Crippen LogP contribution in [0.5, 0.6) is 0 Å². The molecule has 0 saturated heterocycles. The molecule has 0 radical (unpaired) electrons. The Balaban J connectivity index is 1.87. The number of sulfone groups is 1. The van der Waals surface area contributed by atoms with E-state index in [1.165, 1.54) is 18.4 Å². The third kappa shape index (κ3) is 2.97. The highest BCUT2D eigenvalue weighted by molar-refractivity contribution is 7.90. The minimum absolute atomic E-state index is 0.243. The molecule has 0 fully saturated rings. The van der Waals surface area contributed by atoms with Crippen molar-refractivity contribution in [2.75, 3.05) is 6.26 Å². The van der Waals surface area contributed by atoms with Crippen molar-refractivity contribution < 1.29 is 12.8 Å². The SMILES string of the molecule is CS(=O)(=O)c1cccc(-c2cnc3n[nH]c(-c4cccc(F)c4)c3c2)c1. The van der Waals surface area contributed by atoms with Gasteiger partial charge in [-0.2, -0.15) is 5.10 Å². The number of rotatable bonds is 3. The van der Waals surface area contributed by atoms with Gasteiger partial charge in [0.05, 0.1) is 10.6 Å². The Morgan fingerprint density at radius 3 is 2.50 bits per heavy atom. The Morgan fingerprint density at radius 2 is 1.73 bits per heavy atom. The highest BCUT2D eigenvalue weighted by atomic mass is 32.2. The lowest BCUT2D eigenvalue weighted by atomic mass is 10.0. The summed E-state index contributed by atoms with van der Waals surface area (Å²) in [4.78, 5) is 4.58. The summed E-state index contributed by atoms with van der Waals surface area (Å²) in [7, 11) is -3.30. The van der Waals surface area contributed by atoms with Crippen LogP contribution in [0.25, 0.3) is 33.4 Å². The number of benzene rings is 2. The maximum atomic E-state index is 13.6. The van der Waals surface area contributed by atoms with Crippen LogP contribution in [-0.2, 0) is 9.84 Å². The van der Waals surface area contributed by atoms with E-state index in [0.717, 1.165) is 16.5 Å². The largest absolute Gasteiger partial charge is 0.275 e. The second kappa shape index (κ2) is 6.03. The number of fused-ring (bicyclic) bond motifs is 1. The monoisotopic (exact) mass is 367 g/mol. The summed E-state index contributed by atoms with van der Waals surface area (Å²) in [5.41, 5.74) is 3.31. The Kier molecular flexibility index (Phi) is 3.81. The van der Waals surface area contributed by atoms with Gasteiger partial charge >= 0.3 is 0 Å². The molecule has 4 aromatic rings. The van der Waals surface area contributed by atoms with E-state index >= 15 is 0 Å². The van der Waals surface area contributed by atoms with Crippen LogP contribution in [0.1, 0.15) is 0 Å². The first-order valence-corrected chi connectivity index (χ1v) is 9.71. The molecule has 2 aromatic carbocycles. The van der Waals surface area contributed by atoms with E-state index in [1.807, 2.05) is 12.1 Å². The average Bonchev–Trinajstić information content (AvgIpc) is 3.04. The molecule has 26 heavy (non-hydrogen) atoms. The summed E-state index contributed by atoms with van der Waals surface area (Å²) in [6.45, 7) is 0. The molecule has 7 heteroatoms. The predicted molar refractivity (Wildman–Crippen MR) is 97.8 cm³/mol. The molecule has 0 unspecified atom stereocenters. The minimum Gasteiger partial charge on any atom is -0.275 e. The van der Waals surface area contributed by atoms with Gasteiger partial charge in [0.2, 0.25) is 0 Å². The summed E-state index contributed by atoms with van der Waals surface area (Å²) in [5, 5.41) is 7.79. The predicted octanol–water partition coefficient (Wildman–Crippen LogP) is 3.83. The van der Waals surface area contributed by atoms with Gasteiger partial charge in [0.15, 0.2) is 15.5 Å². The molecule has 0 spiro atoms. The van der Waals surface area contributed by atoms with Crippen molar-refractivity contribution in [3.05, 3.63) is 66.6 Å². The minimum atomic E-state index is -3.30. The quantitative estimate of drug-likeness (QED) is 0.597. The highest BCUT2D eigenvalue weighted by Gasteiger charge is 2.13. The van der Waals surface area contributed by atoms with Gasteiger partial charge in [-0.05, 0) is 35.9 Å². The zero-order chi connectivity index (χ0) is 18.3. The number of pyridine rings is 1. The van der Waals surface area contributed by atoms with E-state index in [1.54, 1.807) is 36.5 Å². The maximum absolute atomic E-state index is 13.6. The smallest absolute Gasteiger partial charge is 0.181 e. The first-order chi connectivity index (χ1) is 12.4. The van der Waals surface area contributed by atoms with E-state index in [9.17, 15) is 12.8 Å². The fourth-order valence-electron chi connectivity index (χ4n) is 2.83. The van der Waals surface area contributed by atoms with Crippen LogP contribution in [0.2, 0.25) is 0 Å². The van der Waals surface area contributed by atoms with Crippen LogP contribution in [-0.4, -0.2) is 29.9 Å². The topological polar surface area (TPSA) is 75.7 Å². The number of aromatic nitrogens is 3. The van der Waals surface area contributed by atoms with Crippen LogP contribution in [0.3, 0.4) is 0 Å². The van der Waals surface area contributed by atoms with Crippen molar-refractivity contribution in [3.63, 3.8) is 0 Å². The van der Waals surface area contributed by atoms with E-state index < -0.39 is 9.84 Å². The number of aromatic amines is 1. The standard InChI is InChI=1S/C19H14FN3O2S/c1-26(24,25)16-7-3-4-12(9-16)14-10-17-18(22-23-19(17)21-11-14)13-5-2-6-15(20)8-13/h2-11H,1H3,(H,21,22,23). The molecule has 5 nitrogen and oxygen atoms in total. The second-order valence-corrected chi connectivity index (χ2v) is 8.02. The van der Waals surface area contributed by atoms with Crippen molar-refractivity contribution >= 4 is 20.9 Å². The van der Waals surface area contributed by atoms with E-state index in [4.69, 9.17) is 0 Å². The van der Waals surface area contributed by atoms with Crippen LogP contribution >= 0.6 is 0 Å². The summed E-state index contributed by atoms with van der Waals surface area (Å²) in [6.07, 6.45) is 2.81. The number of hydrogen-bond acceptors (Lipinski definition) is 4. The number of hydrogen-bond donors (Lipinski definition) is 1. The van der Waals surface area contributed by atoms with Crippen molar-refractivity contribution in [1.82, 2.24) is 15.2 Å². The Hall–Kier alpha value is -3.06. The van der Waals surface area contributed by atoms with Crippen LogP contribution < -0.4 is 0 Å². The first-order valence-electron chi connectivity index (χ1n) is 7.82. The van der Waals surface area contributed by atoms with Crippen molar-refractivity contribution in [3.8, 4) is 22.4 Å². The molecule has 2 heterocycles. The van der Waals surface area contributed by atoms with Crippen molar-refractivity contribution in [2.45, 2.75) is 4.90 Å². The molecule has 130 valence electrons. The third-order valence-corrected chi connectivity index (χ3v) is 5.23. The summed E-state index contributed by atoms with van der Waals surface area (Å²) >= 11 is 0. The van der Waals surface area contributed by atoms with Gasteiger partial charge in [-0.25, -0.2) is 17.8 Å². The zero-order valence-corrected chi connectivity index (χ0v) is 14.6. The van der Waals surface area contributed by atoms with Crippen LogP contribution in [0, 0.1) is 5.82 Å². The van der Waals surface area contributed by atoms with Gasteiger partial charge in [0, 0.05) is 29.0 Å². The molecule has 4 rings (SSSR count). The highest BCUT2D eigenvalue weighted by Crippen LogP contribution is 2.30. The van der Waals surface area contributed by atoms with Crippen molar-refractivity contribution in [2.24, 2.45) is 0 Å². The van der Waals surface area contributed by atoms with Gasteiger partial charge < -0.3 is 0 Å². The zero-order valence-electron chi connectivity index (χ0n) is 13.8. The van der Waals surface area contributed by atoms with Crippen LogP contribution in [0.4, 0.5) is 4.39 Å². The molecular weight excluding hydrogens is 353 g/mol. The molecule has 0 aliphatic heterocycles. The van der Waals surface area contributed by atoms with E-state index in [0.29, 0.717) is 16.9 Å². The van der Waals surface area contributed by atoms with E-state index in [-0.39, 0.29) is 10.7 Å². The van der Waals surface area contributed by atoms with Gasteiger partial charge in [0.25, 0.3) is 0 Å². The number of nitrogens with zero attached hydrogens (tertiary/aromatic N) is 2. The Morgan fingerprint density at radius 1 is 0.962 bits per heavy atom. The summed E-state index contributed by atoms with van der Waals surface area (Å²) in [5.74, 6) is -0.338. The lowest BCUT2D eigenvalue weighted by Gasteiger charge is -2.05. The van der Waals surface area contributed by atoms with Gasteiger partial charge in [-0.15, -0.1) is 0 Å². The van der Waals surface area contributed by atoms with Crippen LogP contribution in [0.15, 0.2) is 65.7 Å². The fraction of sp³-hybridized carbons (Fsp3) is 0.0526. The van der Waals surface area contributed by atoms with Gasteiger partial charge in [0.1, 0.15) is 5.82 Å². The molecule has 0 atom stereocenters. The number of nitrogens with one attached hydrogen (secondary N) is 1. The summed E-state index contributed by atoms with van der Waals surface area (Å²) < 4.78 is 37.1. The lowest BCUT2D eigenvalue weighted by molar-refractivity contribution is 0.602. The second-order valence-electron chi connectivity index (χ2n) is 6.00. The fourth-order valence-corrected chi connectivity index (χ4v) is 3.49. The third-order valence-electron chi connectivity index (χ3n) is 4.12. The number of halogens is 1. The molecule has 0 bridgehead atoms. The van der Waals surface area contributed by atoms with Gasteiger partial charge in [-0.1, -0.05) is 24.3 Å². The lowest BCUT2D eigenvalue weighted by Crippen LogP contribution is -1.96. The molecule has 1 N–H and O–H groups in total. The maximum Gasteiger partial charge on any atom is 0.181 e. The molecule has 0 saturated carbocycles. The van der Waals surface area contributed by atoms with E-state index in [2.05, 4.69) is 15.2 Å². The molecule has 0 amide bonds. The van der Waals surface area contributed by atoms with Gasteiger partial charge in [-0.3, -0.25) is 5.10 Å². The molecule has 0 aliphatic rings. The van der Waals surface area contributed by atoms with Crippen molar-refractivity contribution in [1.29, 1.82) is 0 Å². The normalized spacial score (nSPS) is 11.8. The average molecular weight is 367 g/mol. The summed E-state index contributed by atoms with van der Waals surface area (Å²) in [6, 6.07) is 14.8. The molecular formula is C19H14FN3O2S. The number of H-pyrrole nitrogens is 1. The molecule has 2 aromatic heterocycles. The Bertz CT molecular complexity index is 1230. The first kappa shape index (κ1) is 16.4. The Labute approximate surface area is 149 Å².